The van der Waals surface area contributed by atoms with E-state index >= 15 is 0 Å². The Bertz CT molecular complexity index is 591. The molecule has 1 saturated heterocycles. The van der Waals surface area contributed by atoms with Gasteiger partial charge in [-0.3, -0.25) is 4.79 Å². The van der Waals surface area contributed by atoms with Crippen molar-refractivity contribution in [2.45, 2.75) is 13.0 Å². The first-order chi connectivity index (χ1) is 11.0. The molecule has 0 bridgehead atoms. The summed E-state index contributed by atoms with van der Waals surface area (Å²) in [5.74, 6) is 0.0493. The summed E-state index contributed by atoms with van der Waals surface area (Å²) < 4.78 is 18.4. The number of halogens is 1. The molecule has 1 aliphatic heterocycles. The maximum Gasteiger partial charge on any atom is 0.319 e. The van der Waals surface area contributed by atoms with Crippen molar-refractivity contribution in [1.29, 1.82) is 0 Å². The average Bonchev–Trinajstić information content (AvgIpc) is 2.51. The Morgan fingerprint density at radius 3 is 2.74 bits per heavy atom. The Morgan fingerprint density at radius 2 is 2.09 bits per heavy atom. The van der Waals surface area contributed by atoms with Crippen LogP contribution < -0.4 is 10.6 Å². The number of esters is 1. The summed E-state index contributed by atoms with van der Waals surface area (Å²) in [5, 5.41) is 5.17. The van der Waals surface area contributed by atoms with Gasteiger partial charge in [-0.25, -0.2) is 9.18 Å². The van der Waals surface area contributed by atoms with Gasteiger partial charge in [0.15, 0.2) is 0 Å². The van der Waals surface area contributed by atoms with Crippen molar-refractivity contribution >= 4 is 23.8 Å². The molecule has 7 heteroatoms. The van der Waals surface area contributed by atoms with E-state index in [2.05, 4.69) is 17.2 Å². The number of nitrogens with one attached hydrogen (secondary N) is 2. The van der Waals surface area contributed by atoms with E-state index in [1.54, 1.807) is 11.8 Å². The third-order valence-corrected chi connectivity index (χ3v) is 4.29. The van der Waals surface area contributed by atoms with Gasteiger partial charge < -0.3 is 15.4 Å². The minimum Gasteiger partial charge on any atom is -0.464 e. The third kappa shape index (κ3) is 4.48. The molecule has 0 spiro atoms. The van der Waals surface area contributed by atoms with Crippen molar-refractivity contribution in [2.75, 3.05) is 18.1 Å². The molecule has 0 radical (unpaired) electrons. The van der Waals surface area contributed by atoms with Crippen molar-refractivity contribution in [3.63, 3.8) is 0 Å². The summed E-state index contributed by atoms with van der Waals surface area (Å²) in [5.41, 5.74) is 0.892. The van der Waals surface area contributed by atoms with Gasteiger partial charge in [-0.1, -0.05) is 25.6 Å². The fourth-order valence-electron chi connectivity index (χ4n) is 2.34. The van der Waals surface area contributed by atoms with Crippen molar-refractivity contribution in [3.8, 4) is 0 Å². The topological polar surface area (TPSA) is 67.4 Å². The van der Waals surface area contributed by atoms with Crippen LogP contribution in [-0.4, -0.2) is 30.1 Å². The van der Waals surface area contributed by atoms with Crippen LogP contribution in [0.3, 0.4) is 0 Å². The highest BCUT2D eigenvalue weighted by Crippen LogP contribution is 2.30. The lowest BCUT2D eigenvalue weighted by Crippen LogP contribution is -2.51. The van der Waals surface area contributed by atoms with E-state index in [9.17, 15) is 14.0 Å². The largest absolute Gasteiger partial charge is 0.464 e. The minimum atomic E-state index is -0.759. The zero-order valence-corrected chi connectivity index (χ0v) is 13.6. The van der Waals surface area contributed by atoms with E-state index in [0.29, 0.717) is 17.9 Å². The second-order valence-corrected chi connectivity index (χ2v) is 6.39. The molecular formula is C16H19FN2O3S. The van der Waals surface area contributed by atoms with E-state index in [1.807, 2.05) is 6.92 Å². The Labute approximate surface area is 138 Å². The molecular weight excluding hydrogens is 319 g/mol. The Kier molecular flexibility index (Phi) is 6.04. The highest BCUT2D eigenvalue weighted by molar-refractivity contribution is 7.99. The van der Waals surface area contributed by atoms with Crippen LogP contribution >= 0.6 is 11.8 Å². The molecule has 1 heterocycles. The Balaban J connectivity index is 2.14. The molecule has 5 nitrogen and oxygen atoms in total. The van der Waals surface area contributed by atoms with Crippen LogP contribution in [0.2, 0.25) is 0 Å². The first-order valence-electron chi connectivity index (χ1n) is 7.29. The van der Waals surface area contributed by atoms with E-state index < -0.39 is 24.0 Å². The molecule has 2 amide bonds. The molecule has 124 valence electrons. The number of urea groups is 1. The fourth-order valence-corrected chi connectivity index (χ4v) is 2.83. The number of hydrogen-bond donors (Lipinski definition) is 2. The molecule has 0 aromatic heterocycles. The van der Waals surface area contributed by atoms with Gasteiger partial charge in [0.1, 0.15) is 18.3 Å². The van der Waals surface area contributed by atoms with Gasteiger partial charge in [-0.2, -0.15) is 11.8 Å². The highest BCUT2D eigenvalue weighted by Gasteiger charge is 2.38. The van der Waals surface area contributed by atoms with Gasteiger partial charge in [-0.05, 0) is 23.4 Å². The highest BCUT2D eigenvalue weighted by atomic mass is 32.2. The maximum atomic E-state index is 13.1. The molecule has 2 atom stereocenters. The van der Waals surface area contributed by atoms with Crippen LogP contribution in [0.25, 0.3) is 0 Å². The molecule has 2 rings (SSSR count). The first kappa shape index (κ1) is 17.3. The lowest BCUT2D eigenvalue weighted by Gasteiger charge is -2.33. The molecule has 1 fully saturated rings. The van der Waals surface area contributed by atoms with Gasteiger partial charge in [-0.15, -0.1) is 0 Å². The average molecular weight is 338 g/mol. The van der Waals surface area contributed by atoms with Gasteiger partial charge in [0.05, 0.1) is 6.04 Å². The third-order valence-electron chi connectivity index (χ3n) is 3.43. The van der Waals surface area contributed by atoms with Crippen LogP contribution in [0.1, 0.15) is 18.5 Å². The van der Waals surface area contributed by atoms with Crippen molar-refractivity contribution in [1.82, 2.24) is 10.6 Å². The number of benzene rings is 1. The lowest BCUT2D eigenvalue weighted by atomic mass is 9.89. The van der Waals surface area contributed by atoms with E-state index in [-0.39, 0.29) is 11.5 Å². The smallest absolute Gasteiger partial charge is 0.319 e. The summed E-state index contributed by atoms with van der Waals surface area (Å²) in [6.45, 7) is 6.08. The van der Waals surface area contributed by atoms with Crippen LogP contribution in [-0.2, 0) is 9.53 Å². The van der Waals surface area contributed by atoms with Gasteiger partial charge in [0, 0.05) is 11.4 Å². The molecule has 0 aliphatic carbocycles. The SMILES string of the molecule is C=C1NC(=O)N[C@@H](c2ccc(F)cc2)[C@@H]1C(=O)OCCSCC. The molecule has 0 saturated carbocycles. The van der Waals surface area contributed by atoms with Gasteiger partial charge >= 0.3 is 12.0 Å². The second kappa shape index (κ2) is 8.01. The van der Waals surface area contributed by atoms with Crippen LogP contribution in [0, 0.1) is 11.7 Å². The molecule has 1 aliphatic rings. The number of carbonyl (C=O) groups is 2. The summed E-state index contributed by atoms with van der Waals surface area (Å²) in [4.78, 5) is 24.1. The summed E-state index contributed by atoms with van der Waals surface area (Å²) >= 11 is 1.67. The second-order valence-electron chi connectivity index (χ2n) is 5.00. The number of hydrogen-bond acceptors (Lipinski definition) is 4. The molecule has 1 aromatic carbocycles. The Hall–Kier alpha value is -2.02. The summed E-state index contributed by atoms with van der Waals surface area (Å²) in [7, 11) is 0. The van der Waals surface area contributed by atoms with E-state index in [1.165, 1.54) is 24.3 Å². The summed E-state index contributed by atoms with van der Waals surface area (Å²) in [6, 6.07) is 4.55. The first-order valence-corrected chi connectivity index (χ1v) is 8.44. The lowest BCUT2D eigenvalue weighted by molar-refractivity contribution is -0.147. The molecule has 2 N–H and O–H groups in total. The summed E-state index contributed by atoms with van der Waals surface area (Å²) in [6.07, 6.45) is 0. The van der Waals surface area contributed by atoms with Crippen molar-refractivity contribution in [3.05, 3.63) is 47.9 Å². The number of carbonyl (C=O) groups excluding carboxylic acids is 2. The zero-order valence-electron chi connectivity index (χ0n) is 12.8. The number of rotatable bonds is 6. The predicted molar refractivity (Wildman–Crippen MR) is 87.4 cm³/mol. The fraction of sp³-hybridized carbons (Fsp3) is 0.375. The molecule has 23 heavy (non-hydrogen) atoms. The zero-order chi connectivity index (χ0) is 16.8. The monoisotopic (exact) mass is 338 g/mol. The number of ether oxygens (including phenoxy) is 1. The predicted octanol–water partition coefficient (Wildman–Crippen LogP) is 2.61. The van der Waals surface area contributed by atoms with Crippen LogP contribution in [0.5, 0.6) is 0 Å². The quantitative estimate of drug-likeness (QED) is 0.618. The normalized spacial score (nSPS) is 20.6. The van der Waals surface area contributed by atoms with E-state index in [0.717, 1.165) is 5.75 Å². The van der Waals surface area contributed by atoms with Crippen molar-refractivity contribution < 1.29 is 18.7 Å². The Morgan fingerprint density at radius 1 is 1.39 bits per heavy atom. The number of thioether (sulfide) groups is 1. The van der Waals surface area contributed by atoms with Gasteiger partial charge in [0.2, 0.25) is 0 Å². The van der Waals surface area contributed by atoms with Crippen LogP contribution in [0.4, 0.5) is 9.18 Å². The number of amides is 2. The standard InChI is InChI=1S/C16H19FN2O3S/c1-3-23-9-8-22-15(20)13-10(2)18-16(21)19-14(13)11-4-6-12(17)7-5-11/h4-7,13-14H,2-3,8-9H2,1H3,(H2,18,19,21)/t13-,14+/m1/s1. The van der Waals surface area contributed by atoms with Crippen molar-refractivity contribution in [2.24, 2.45) is 5.92 Å². The van der Waals surface area contributed by atoms with Crippen LogP contribution in [0.15, 0.2) is 36.5 Å². The maximum absolute atomic E-state index is 13.1. The van der Waals surface area contributed by atoms with Gasteiger partial charge in [0.25, 0.3) is 0 Å². The van der Waals surface area contributed by atoms with E-state index in [4.69, 9.17) is 4.74 Å². The minimum absolute atomic E-state index is 0.274. The molecule has 0 unspecified atom stereocenters. The molecule has 1 aromatic rings.